The molecule has 2 amide bonds. The summed E-state index contributed by atoms with van der Waals surface area (Å²) in [7, 11) is 0. The molecule has 0 aliphatic carbocycles. The molecule has 148 valence electrons. The molecule has 0 spiro atoms. The van der Waals surface area contributed by atoms with Gasteiger partial charge in [0.15, 0.2) is 0 Å². The highest BCUT2D eigenvalue weighted by Crippen LogP contribution is 2.15. The first-order chi connectivity index (χ1) is 13.5. The van der Waals surface area contributed by atoms with Crippen LogP contribution in [0.3, 0.4) is 0 Å². The fraction of sp³-hybridized carbons (Fsp3) is 0.368. The van der Waals surface area contributed by atoms with Gasteiger partial charge < -0.3 is 20.3 Å². The number of nitrogens with zero attached hydrogens (tertiary/aromatic N) is 3. The summed E-state index contributed by atoms with van der Waals surface area (Å²) in [6.45, 7) is 3.17. The highest BCUT2D eigenvalue weighted by molar-refractivity contribution is 5.92. The van der Waals surface area contributed by atoms with Crippen LogP contribution < -0.4 is 10.6 Å². The Labute approximate surface area is 162 Å². The molecule has 28 heavy (non-hydrogen) atoms. The maximum atomic E-state index is 13.3. The molecule has 9 heteroatoms. The van der Waals surface area contributed by atoms with Gasteiger partial charge in [-0.05, 0) is 44.0 Å². The van der Waals surface area contributed by atoms with Crippen LogP contribution in [-0.2, 0) is 4.74 Å². The van der Waals surface area contributed by atoms with E-state index in [2.05, 4.69) is 20.6 Å². The topological polar surface area (TPSA) is 96.5 Å². The van der Waals surface area contributed by atoms with Gasteiger partial charge in [-0.15, -0.1) is 0 Å². The number of aromatic nitrogens is 2. The Bertz CT molecular complexity index is 840. The first-order valence-electron chi connectivity index (χ1n) is 9.13. The number of halogens is 1. The van der Waals surface area contributed by atoms with Crippen LogP contribution in [0.4, 0.5) is 20.8 Å². The standard InChI is InChI=1S/C19H22FN5O3/c1-2-28-19(27)25-10-7-14(8-11-25)22-17(26)16-6-9-21-18(24-16)23-15-5-3-4-13(20)12-15/h3-6,9,12,14H,2,7-8,10-11H2,1H3,(H,22,26)(H,21,23,24). The summed E-state index contributed by atoms with van der Waals surface area (Å²) in [4.78, 5) is 34.1. The lowest BCUT2D eigenvalue weighted by atomic mass is 10.1. The van der Waals surface area contributed by atoms with E-state index in [-0.39, 0.29) is 35.5 Å². The molecule has 1 fully saturated rings. The van der Waals surface area contributed by atoms with Crippen molar-refractivity contribution in [3.63, 3.8) is 0 Å². The SMILES string of the molecule is CCOC(=O)N1CCC(NC(=O)c2ccnc(Nc3cccc(F)c3)n2)CC1. The maximum absolute atomic E-state index is 13.3. The molecule has 0 unspecified atom stereocenters. The lowest BCUT2D eigenvalue weighted by Crippen LogP contribution is -2.46. The van der Waals surface area contributed by atoms with Gasteiger partial charge in [0.05, 0.1) is 6.61 Å². The van der Waals surface area contributed by atoms with Crippen LogP contribution in [0.1, 0.15) is 30.3 Å². The van der Waals surface area contributed by atoms with E-state index in [1.165, 1.54) is 24.4 Å². The fourth-order valence-electron chi connectivity index (χ4n) is 2.92. The number of hydrogen-bond donors (Lipinski definition) is 2. The van der Waals surface area contributed by atoms with Gasteiger partial charge in [0.2, 0.25) is 5.95 Å². The minimum atomic E-state index is -0.381. The summed E-state index contributed by atoms with van der Waals surface area (Å²) >= 11 is 0. The van der Waals surface area contributed by atoms with Crippen molar-refractivity contribution in [1.29, 1.82) is 0 Å². The average Bonchev–Trinajstić information content (AvgIpc) is 2.69. The van der Waals surface area contributed by atoms with E-state index in [0.717, 1.165) is 0 Å². The van der Waals surface area contributed by atoms with Crippen LogP contribution in [0.15, 0.2) is 36.5 Å². The van der Waals surface area contributed by atoms with Crippen molar-refractivity contribution in [2.45, 2.75) is 25.8 Å². The lowest BCUT2D eigenvalue weighted by molar-refractivity contribution is 0.0856. The van der Waals surface area contributed by atoms with Crippen LogP contribution in [0.2, 0.25) is 0 Å². The molecule has 0 bridgehead atoms. The summed E-state index contributed by atoms with van der Waals surface area (Å²) in [5.41, 5.74) is 0.700. The van der Waals surface area contributed by atoms with Crippen molar-refractivity contribution in [2.75, 3.05) is 25.0 Å². The zero-order valence-electron chi connectivity index (χ0n) is 15.5. The van der Waals surface area contributed by atoms with E-state index < -0.39 is 0 Å². The highest BCUT2D eigenvalue weighted by atomic mass is 19.1. The number of benzene rings is 1. The van der Waals surface area contributed by atoms with Gasteiger partial charge in [-0.25, -0.2) is 19.2 Å². The van der Waals surface area contributed by atoms with Crippen LogP contribution in [0.25, 0.3) is 0 Å². The van der Waals surface area contributed by atoms with Crippen molar-refractivity contribution >= 4 is 23.6 Å². The number of hydrogen-bond acceptors (Lipinski definition) is 6. The molecule has 1 aliphatic rings. The van der Waals surface area contributed by atoms with Crippen molar-refractivity contribution < 1.29 is 18.7 Å². The van der Waals surface area contributed by atoms with Gasteiger partial charge in [-0.1, -0.05) is 6.07 Å². The molecule has 1 saturated heterocycles. The van der Waals surface area contributed by atoms with E-state index in [4.69, 9.17) is 4.74 Å². The van der Waals surface area contributed by atoms with Crippen LogP contribution >= 0.6 is 0 Å². The molecule has 0 radical (unpaired) electrons. The zero-order valence-corrected chi connectivity index (χ0v) is 15.5. The molecule has 1 aromatic heterocycles. The second kappa shape index (κ2) is 9.12. The molecule has 2 N–H and O–H groups in total. The van der Waals surface area contributed by atoms with Crippen LogP contribution in [0.5, 0.6) is 0 Å². The first kappa shape index (κ1) is 19.5. The van der Waals surface area contributed by atoms with Gasteiger partial charge in [0.25, 0.3) is 5.91 Å². The third kappa shape index (κ3) is 5.15. The minimum Gasteiger partial charge on any atom is -0.450 e. The lowest BCUT2D eigenvalue weighted by Gasteiger charge is -2.31. The predicted octanol–water partition coefficient (Wildman–Crippen LogP) is 2.71. The van der Waals surface area contributed by atoms with Gasteiger partial charge in [-0.2, -0.15) is 0 Å². The van der Waals surface area contributed by atoms with Crippen molar-refractivity contribution in [2.24, 2.45) is 0 Å². The van der Waals surface area contributed by atoms with E-state index >= 15 is 0 Å². The molecular formula is C19H22FN5O3. The third-order valence-electron chi connectivity index (χ3n) is 4.33. The summed E-state index contributed by atoms with van der Waals surface area (Å²) in [6.07, 6.45) is 2.43. The smallest absolute Gasteiger partial charge is 0.409 e. The zero-order chi connectivity index (χ0) is 19.9. The Morgan fingerprint density at radius 3 is 2.79 bits per heavy atom. The predicted molar refractivity (Wildman–Crippen MR) is 101 cm³/mol. The third-order valence-corrected chi connectivity index (χ3v) is 4.33. The van der Waals surface area contributed by atoms with Gasteiger partial charge >= 0.3 is 6.09 Å². The number of anilines is 2. The van der Waals surface area contributed by atoms with Crippen LogP contribution in [-0.4, -0.2) is 52.6 Å². The highest BCUT2D eigenvalue weighted by Gasteiger charge is 2.25. The fourth-order valence-corrected chi connectivity index (χ4v) is 2.92. The van der Waals surface area contributed by atoms with Gasteiger partial charge in [0, 0.05) is 31.0 Å². The molecule has 3 rings (SSSR count). The molecular weight excluding hydrogens is 365 g/mol. The van der Waals surface area contributed by atoms with Gasteiger partial charge in [-0.3, -0.25) is 4.79 Å². The van der Waals surface area contributed by atoms with Crippen LogP contribution in [0, 0.1) is 5.82 Å². The minimum absolute atomic E-state index is 0.0484. The molecule has 1 aliphatic heterocycles. The van der Waals surface area contributed by atoms with E-state index in [9.17, 15) is 14.0 Å². The Hall–Kier alpha value is -3.23. The summed E-state index contributed by atoms with van der Waals surface area (Å²) in [5, 5.41) is 5.80. The van der Waals surface area contributed by atoms with Crippen molar-refractivity contribution in [1.82, 2.24) is 20.2 Å². The molecule has 0 atom stereocenters. The maximum Gasteiger partial charge on any atom is 0.409 e. The number of carbonyl (C=O) groups is 2. The van der Waals surface area contributed by atoms with Gasteiger partial charge in [0.1, 0.15) is 11.5 Å². The Balaban J connectivity index is 1.56. The normalized spacial score (nSPS) is 14.4. The summed E-state index contributed by atoms with van der Waals surface area (Å²) in [6, 6.07) is 7.36. The Morgan fingerprint density at radius 1 is 1.29 bits per heavy atom. The van der Waals surface area contributed by atoms with Crippen molar-refractivity contribution in [3.8, 4) is 0 Å². The summed E-state index contributed by atoms with van der Waals surface area (Å²) < 4.78 is 18.3. The number of ether oxygens (including phenoxy) is 1. The van der Waals surface area contributed by atoms with E-state index in [0.29, 0.717) is 38.2 Å². The number of nitrogens with one attached hydrogen (secondary N) is 2. The second-order valence-corrected chi connectivity index (χ2v) is 6.33. The summed E-state index contributed by atoms with van der Waals surface area (Å²) in [5.74, 6) is -0.497. The monoisotopic (exact) mass is 387 g/mol. The molecule has 2 heterocycles. The van der Waals surface area contributed by atoms with E-state index in [1.807, 2.05) is 0 Å². The Kier molecular flexibility index (Phi) is 6.36. The number of rotatable bonds is 5. The molecule has 8 nitrogen and oxygen atoms in total. The number of piperidine rings is 1. The molecule has 0 saturated carbocycles. The number of carbonyl (C=O) groups excluding carboxylic acids is 2. The number of likely N-dealkylation sites (tertiary alicyclic amines) is 1. The Morgan fingerprint density at radius 2 is 2.07 bits per heavy atom. The quantitative estimate of drug-likeness (QED) is 0.819. The molecule has 1 aromatic carbocycles. The molecule has 2 aromatic rings. The number of amides is 2. The van der Waals surface area contributed by atoms with Crippen molar-refractivity contribution in [3.05, 3.63) is 48.0 Å². The first-order valence-corrected chi connectivity index (χ1v) is 9.13. The average molecular weight is 387 g/mol. The largest absolute Gasteiger partial charge is 0.450 e. The van der Waals surface area contributed by atoms with E-state index in [1.54, 1.807) is 24.0 Å². The second-order valence-electron chi connectivity index (χ2n) is 6.33.